The monoisotopic (exact) mass is 211 g/mol. The number of amides is 1. The molecule has 78 valence electrons. The summed E-state index contributed by atoms with van der Waals surface area (Å²) < 4.78 is 27.4. The van der Waals surface area contributed by atoms with Crippen molar-refractivity contribution in [3.63, 3.8) is 0 Å². The number of hydrogen-bond acceptors (Lipinski definition) is 2. The molecule has 0 aliphatic carbocycles. The van der Waals surface area contributed by atoms with Gasteiger partial charge in [-0.15, -0.1) is 0 Å². The zero-order valence-electron chi connectivity index (χ0n) is 7.58. The number of rotatable bonds is 2. The van der Waals surface area contributed by atoms with Gasteiger partial charge in [0.1, 0.15) is 12.1 Å². The van der Waals surface area contributed by atoms with Gasteiger partial charge in [-0.05, 0) is 12.1 Å². The summed E-state index contributed by atoms with van der Waals surface area (Å²) >= 11 is 0. The van der Waals surface area contributed by atoms with Crippen molar-refractivity contribution in [3.8, 4) is 0 Å². The molecule has 2 N–H and O–H groups in total. The Kier molecular flexibility index (Phi) is 2.11. The quantitative estimate of drug-likeness (QED) is 0.798. The molecule has 0 aliphatic heterocycles. The van der Waals surface area contributed by atoms with E-state index in [0.29, 0.717) is 0 Å². The lowest BCUT2D eigenvalue weighted by Crippen LogP contribution is -2.18. The summed E-state index contributed by atoms with van der Waals surface area (Å²) in [6.45, 7) is -0.225. The number of nitrogens with two attached hydrogens (primary N) is 1. The van der Waals surface area contributed by atoms with Gasteiger partial charge in [-0.25, -0.2) is 13.8 Å². The molecule has 0 spiro atoms. The van der Waals surface area contributed by atoms with Gasteiger partial charge in [0.15, 0.2) is 11.6 Å². The number of imidazole rings is 1. The van der Waals surface area contributed by atoms with Crippen LogP contribution in [0.15, 0.2) is 18.5 Å². The van der Waals surface area contributed by atoms with Crippen LogP contribution in [-0.4, -0.2) is 15.5 Å². The second-order valence-electron chi connectivity index (χ2n) is 3.07. The molecule has 15 heavy (non-hydrogen) atoms. The third-order valence-corrected chi connectivity index (χ3v) is 2.00. The fourth-order valence-electron chi connectivity index (χ4n) is 1.38. The number of halogens is 2. The highest BCUT2D eigenvalue weighted by atomic mass is 19.2. The summed E-state index contributed by atoms with van der Waals surface area (Å²) in [5, 5.41) is 0. The van der Waals surface area contributed by atoms with E-state index in [1.54, 1.807) is 0 Å². The van der Waals surface area contributed by atoms with Crippen molar-refractivity contribution < 1.29 is 13.6 Å². The number of benzene rings is 1. The first-order chi connectivity index (χ1) is 7.09. The zero-order chi connectivity index (χ0) is 11.0. The van der Waals surface area contributed by atoms with Gasteiger partial charge in [-0.2, -0.15) is 0 Å². The predicted octanol–water partition coefficient (Wildman–Crippen LogP) is 0.800. The number of primary amides is 1. The Bertz CT molecular complexity index is 535. The second-order valence-corrected chi connectivity index (χ2v) is 3.07. The molecule has 4 nitrogen and oxygen atoms in total. The van der Waals surface area contributed by atoms with E-state index < -0.39 is 17.5 Å². The van der Waals surface area contributed by atoms with Gasteiger partial charge >= 0.3 is 0 Å². The average molecular weight is 211 g/mol. The van der Waals surface area contributed by atoms with Crippen LogP contribution < -0.4 is 5.73 Å². The van der Waals surface area contributed by atoms with Crippen LogP contribution >= 0.6 is 0 Å². The van der Waals surface area contributed by atoms with Crippen LogP contribution in [0.1, 0.15) is 0 Å². The summed E-state index contributed by atoms with van der Waals surface area (Å²) in [5.74, 6) is -2.64. The van der Waals surface area contributed by atoms with Gasteiger partial charge in [0.2, 0.25) is 5.91 Å². The third kappa shape index (κ3) is 1.54. The van der Waals surface area contributed by atoms with Crippen LogP contribution in [0.4, 0.5) is 8.78 Å². The van der Waals surface area contributed by atoms with Crippen molar-refractivity contribution in [3.05, 3.63) is 30.1 Å². The number of aromatic nitrogens is 2. The first-order valence-corrected chi connectivity index (χ1v) is 4.16. The minimum absolute atomic E-state index is 0.0474. The molecule has 1 heterocycles. The smallest absolute Gasteiger partial charge is 0.237 e. The lowest BCUT2D eigenvalue weighted by atomic mass is 10.3. The van der Waals surface area contributed by atoms with Crippen molar-refractivity contribution in [1.29, 1.82) is 0 Å². The molecule has 0 fully saturated rings. The summed E-state index contributed by atoms with van der Waals surface area (Å²) in [7, 11) is 0. The van der Waals surface area contributed by atoms with Crippen molar-refractivity contribution >= 4 is 16.9 Å². The van der Waals surface area contributed by atoms with E-state index in [2.05, 4.69) is 4.98 Å². The molecular weight excluding hydrogens is 204 g/mol. The molecule has 1 amide bonds. The zero-order valence-corrected chi connectivity index (χ0v) is 7.58. The molecule has 0 saturated carbocycles. The van der Waals surface area contributed by atoms with Gasteiger partial charge in [-0.1, -0.05) is 0 Å². The molecule has 0 saturated heterocycles. The fraction of sp³-hybridized carbons (Fsp3) is 0.111. The van der Waals surface area contributed by atoms with E-state index in [4.69, 9.17) is 5.73 Å². The van der Waals surface area contributed by atoms with Crippen LogP contribution in [0.25, 0.3) is 11.0 Å². The summed E-state index contributed by atoms with van der Waals surface area (Å²) in [5.41, 5.74) is 5.20. The number of nitrogens with zero attached hydrogens (tertiary/aromatic N) is 2. The van der Waals surface area contributed by atoms with E-state index in [9.17, 15) is 13.6 Å². The van der Waals surface area contributed by atoms with Gasteiger partial charge in [-0.3, -0.25) is 4.79 Å². The van der Waals surface area contributed by atoms with Gasteiger partial charge in [0.25, 0.3) is 0 Å². The highest BCUT2D eigenvalue weighted by molar-refractivity contribution is 5.80. The molecule has 6 heteroatoms. The maximum absolute atomic E-state index is 13.4. The lowest BCUT2D eigenvalue weighted by molar-refractivity contribution is -0.118. The molecule has 0 unspecified atom stereocenters. The van der Waals surface area contributed by atoms with E-state index in [-0.39, 0.29) is 17.6 Å². The standard InChI is InChI=1S/C9H7F2N3O/c10-5-1-2-6-9(8(5)11)14(4-13-6)3-7(12)15/h1-2,4H,3H2,(H2,12,15). The average Bonchev–Trinajstić information content (AvgIpc) is 2.55. The van der Waals surface area contributed by atoms with Crippen molar-refractivity contribution in [2.24, 2.45) is 5.73 Å². The summed E-state index contributed by atoms with van der Waals surface area (Å²) in [4.78, 5) is 14.5. The van der Waals surface area contributed by atoms with Crippen LogP contribution in [0.2, 0.25) is 0 Å². The van der Waals surface area contributed by atoms with E-state index in [1.807, 2.05) is 0 Å². The molecule has 0 atom stereocenters. The van der Waals surface area contributed by atoms with Crippen molar-refractivity contribution in [2.75, 3.05) is 0 Å². The Morgan fingerprint density at radius 3 is 2.87 bits per heavy atom. The number of hydrogen-bond donors (Lipinski definition) is 1. The highest BCUT2D eigenvalue weighted by Crippen LogP contribution is 2.19. The fourth-order valence-corrected chi connectivity index (χ4v) is 1.38. The topological polar surface area (TPSA) is 60.9 Å². The number of carbonyl (C=O) groups is 1. The second kappa shape index (κ2) is 3.30. The van der Waals surface area contributed by atoms with E-state index in [0.717, 1.165) is 6.07 Å². The van der Waals surface area contributed by atoms with Gasteiger partial charge < -0.3 is 10.3 Å². The Hall–Kier alpha value is -1.98. The molecule has 2 aromatic rings. The van der Waals surface area contributed by atoms with Gasteiger partial charge in [0.05, 0.1) is 11.8 Å². The molecule has 1 aromatic carbocycles. The Balaban J connectivity index is 2.66. The SMILES string of the molecule is NC(=O)Cn1cnc2ccc(F)c(F)c21. The minimum Gasteiger partial charge on any atom is -0.368 e. The summed E-state index contributed by atoms with van der Waals surface area (Å²) in [6, 6.07) is 2.32. The largest absolute Gasteiger partial charge is 0.368 e. The minimum atomic E-state index is -1.02. The molecule has 0 bridgehead atoms. The van der Waals surface area contributed by atoms with E-state index >= 15 is 0 Å². The Labute approximate surface area is 83.3 Å². The Morgan fingerprint density at radius 2 is 2.20 bits per heavy atom. The maximum atomic E-state index is 13.4. The lowest BCUT2D eigenvalue weighted by Gasteiger charge is -2.01. The molecule has 2 rings (SSSR count). The number of carbonyl (C=O) groups excluding carboxylic acids is 1. The molecule has 0 radical (unpaired) electrons. The van der Waals surface area contributed by atoms with Crippen LogP contribution in [0.3, 0.4) is 0 Å². The molecule has 0 aliphatic rings. The van der Waals surface area contributed by atoms with Crippen molar-refractivity contribution in [2.45, 2.75) is 6.54 Å². The molecular formula is C9H7F2N3O. The normalized spacial score (nSPS) is 10.8. The van der Waals surface area contributed by atoms with Crippen LogP contribution in [0.5, 0.6) is 0 Å². The summed E-state index contributed by atoms with van der Waals surface area (Å²) in [6.07, 6.45) is 1.25. The first-order valence-electron chi connectivity index (χ1n) is 4.16. The van der Waals surface area contributed by atoms with Gasteiger partial charge in [0, 0.05) is 0 Å². The van der Waals surface area contributed by atoms with Crippen LogP contribution in [0, 0.1) is 11.6 Å². The highest BCUT2D eigenvalue weighted by Gasteiger charge is 2.13. The number of fused-ring (bicyclic) bond motifs is 1. The van der Waals surface area contributed by atoms with Crippen LogP contribution in [-0.2, 0) is 11.3 Å². The predicted molar refractivity (Wildman–Crippen MR) is 48.8 cm³/mol. The first kappa shape index (κ1) is 9.57. The molecule has 1 aromatic heterocycles. The third-order valence-electron chi connectivity index (χ3n) is 2.00. The van der Waals surface area contributed by atoms with Crippen molar-refractivity contribution in [1.82, 2.24) is 9.55 Å². The van der Waals surface area contributed by atoms with E-state index in [1.165, 1.54) is 17.0 Å². The Morgan fingerprint density at radius 1 is 1.47 bits per heavy atom. The maximum Gasteiger partial charge on any atom is 0.237 e.